The molecule has 13 aromatic rings. The van der Waals surface area contributed by atoms with Gasteiger partial charge in [0.2, 0.25) is 5.78 Å². The zero-order valence-electron chi connectivity index (χ0n) is 30.9. The summed E-state index contributed by atoms with van der Waals surface area (Å²) in [5.74, 6) is 2.13. The number of nitrogens with zero attached hydrogens (tertiary/aromatic N) is 7. The summed E-state index contributed by atoms with van der Waals surface area (Å²) in [4.78, 5) is 25.8. The number of rotatable bonds is 3. The topological polar surface area (TPSA) is 73.8 Å². The van der Waals surface area contributed by atoms with Crippen LogP contribution in [0.1, 0.15) is 0 Å². The highest BCUT2D eigenvalue weighted by Gasteiger charge is 2.19. The normalized spacial score (nSPS) is 12.1. The molecule has 4 aromatic heterocycles. The van der Waals surface area contributed by atoms with Gasteiger partial charge in [0.1, 0.15) is 11.0 Å². The van der Waals surface area contributed by atoms with Crippen LogP contribution in [0.15, 0.2) is 176 Å². The molecule has 58 heavy (non-hydrogen) atoms. The van der Waals surface area contributed by atoms with Gasteiger partial charge in [-0.15, -0.1) is 0 Å². The zero-order chi connectivity index (χ0) is 37.9. The molecule has 0 amide bonds. The van der Waals surface area contributed by atoms with Crippen molar-refractivity contribution in [3.05, 3.63) is 176 Å². The molecule has 7 nitrogen and oxygen atoms in total. The van der Waals surface area contributed by atoms with Crippen molar-refractivity contribution in [2.45, 2.75) is 0 Å². The lowest BCUT2D eigenvalue weighted by atomic mass is 9.93. The Balaban J connectivity index is 1.02. The summed E-state index contributed by atoms with van der Waals surface area (Å²) >= 11 is 0. The van der Waals surface area contributed by atoms with Crippen LogP contribution in [-0.4, -0.2) is 33.9 Å². The largest absolute Gasteiger partial charge is 0.278 e. The molecular weight excluding hydrogens is 711 g/mol. The first-order valence-corrected chi connectivity index (χ1v) is 19.4. The van der Waals surface area contributed by atoms with Gasteiger partial charge >= 0.3 is 0 Å². The molecule has 0 aliphatic carbocycles. The molecule has 0 saturated carbocycles. The van der Waals surface area contributed by atoms with Crippen LogP contribution in [0.2, 0.25) is 0 Å². The third kappa shape index (κ3) is 4.35. The van der Waals surface area contributed by atoms with Crippen molar-refractivity contribution in [3.63, 3.8) is 0 Å². The van der Waals surface area contributed by atoms with E-state index in [0.29, 0.717) is 11.6 Å². The maximum absolute atomic E-state index is 5.34. The fourth-order valence-corrected chi connectivity index (χ4v) is 9.19. The van der Waals surface area contributed by atoms with E-state index in [-0.39, 0.29) is 0 Å². The summed E-state index contributed by atoms with van der Waals surface area (Å²) < 4.78 is 4.45. The van der Waals surface area contributed by atoms with E-state index in [1.807, 2.05) is 18.5 Å². The van der Waals surface area contributed by atoms with Crippen LogP contribution < -0.4 is 0 Å². The predicted molar refractivity (Wildman–Crippen MR) is 237 cm³/mol. The van der Waals surface area contributed by atoms with Gasteiger partial charge in [-0.2, -0.15) is 0 Å². The standard InChI is InChI=1S/C51H29N7/c1-2-16-35-33(14-1)34-15-3-4-17-36(34)40-27-31(24-25-39(35)40)50-53-29-42-38-19-6-5-18-37(38)41-28-52-49(55-47(41)48(42)56-50)30-12-11-13-32(26-30)57-45-22-9-10-23-46(45)58-44-21-8-7-20-43(44)54-51(57)58/h1-29H. The Morgan fingerprint density at radius 2 is 0.845 bits per heavy atom. The molecule has 4 heterocycles. The zero-order valence-corrected chi connectivity index (χ0v) is 30.9. The summed E-state index contributed by atoms with van der Waals surface area (Å²) in [6.45, 7) is 0. The molecule has 0 aliphatic heterocycles. The van der Waals surface area contributed by atoms with E-state index in [1.165, 1.54) is 32.3 Å². The second-order valence-corrected chi connectivity index (χ2v) is 14.9. The number of aromatic nitrogens is 7. The Bertz CT molecular complexity index is 3840. The van der Waals surface area contributed by atoms with Crippen LogP contribution in [0.25, 0.3) is 121 Å². The van der Waals surface area contributed by atoms with E-state index in [4.69, 9.17) is 24.9 Å². The molecule has 13 rings (SSSR count). The number of benzene rings is 9. The first-order valence-electron chi connectivity index (χ1n) is 19.4. The van der Waals surface area contributed by atoms with E-state index >= 15 is 0 Å². The van der Waals surface area contributed by atoms with Gasteiger partial charge < -0.3 is 0 Å². The van der Waals surface area contributed by atoms with E-state index in [1.54, 1.807) is 0 Å². The van der Waals surface area contributed by atoms with Gasteiger partial charge in [0.15, 0.2) is 11.6 Å². The SMILES string of the molecule is c1cc(-c2ncc3c4ccccc4c4cnc(-c5ccc6c7ccccc7c7ccccc7c6c5)nc4c3n2)cc(-n2c3ccccc3n3c4ccccc4nc23)c1. The first-order chi connectivity index (χ1) is 28.8. The van der Waals surface area contributed by atoms with Gasteiger partial charge in [0.05, 0.1) is 22.1 Å². The Hall–Kier alpha value is -8.03. The highest BCUT2D eigenvalue weighted by Crippen LogP contribution is 2.39. The third-order valence-electron chi connectivity index (χ3n) is 11.8. The maximum Gasteiger partial charge on any atom is 0.220 e. The molecule has 0 radical (unpaired) electrons. The van der Waals surface area contributed by atoms with Gasteiger partial charge in [-0.3, -0.25) is 8.97 Å². The minimum atomic E-state index is 0.621. The van der Waals surface area contributed by atoms with E-state index in [0.717, 1.165) is 77.2 Å². The molecular formula is C51H29N7. The van der Waals surface area contributed by atoms with Gasteiger partial charge in [0, 0.05) is 40.0 Å². The second kappa shape index (κ2) is 11.7. The molecule has 0 N–H and O–H groups in total. The minimum Gasteiger partial charge on any atom is -0.278 e. The minimum absolute atomic E-state index is 0.621. The van der Waals surface area contributed by atoms with Crippen molar-refractivity contribution in [2.24, 2.45) is 0 Å². The van der Waals surface area contributed by atoms with Gasteiger partial charge in [0.25, 0.3) is 0 Å². The van der Waals surface area contributed by atoms with Crippen LogP contribution in [-0.2, 0) is 0 Å². The number of imidazole rings is 2. The second-order valence-electron chi connectivity index (χ2n) is 14.9. The van der Waals surface area contributed by atoms with Crippen molar-refractivity contribution >= 4 is 92.7 Å². The van der Waals surface area contributed by atoms with Crippen LogP contribution in [0.3, 0.4) is 0 Å². The predicted octanol–water partition coefficient (Wildman–Crippen LogP) is 12.3. The van der Waals surface area contributed by atoms with Gasteiger partial charge in [-0.1, -0.05) is 121 Å². The Morgan fingerprint density at radius 1 is 0.345 bits per heavy atom. The van der Waals surface area contributed by atoms with E-state index in [9.17, 15) is 0 Å². The monoisotopic (exact) mass is 739 g/mol. The summed E-state index contributed by atoms with van der Waals surface area (Å²) in [5, 5.41) is 11.4. The van der Waals surface area contributed by atoms with E-state index in [2.05, 4.69) is 167 Å². The molecule has 0 saturated heterocycles. The highest BCUT2D eigenvalue weighted by atomic mass is 15.2. The lowest BCUT2D eigenvalue weighted by Crippen LogP contribution is -1.98. The molecule has 0 fully saturated rings. The Morgan fingerprint density at radius 3 is 1.48 bits per heavy atom. The molecule has 0 aliphatic rings. The quantitative estimate of drug-likeness (QED) is 0.169. The number of para-hydroxylation sites is 4. The first kappa shape index (κ1) is 31.2. The lowest BCUT2D eigenvalue weighted by molar-refractivity contribution is 1.11. The Kier molecular flexibility index (Phi) is 6.32. The van der Waals surface area contributed by atoms with E-state index < -0.39 is 0 Å². The molecule has 7 heteroatoms. The Labute approximate surface area is 330 Å². The van der Waals surface area contributed by atoms with Gasteiger partial charge in [-0.25, -0.2) is 24.9 Å². The summed E-state index contributed by atoms with van der Waals surface area (Å²) in [7, 11) is 0. The number of fused-ring (bicyclic) bond motifs is 17. The number of hydrogen-bond donors (Lipinski definition) is 0. The summed E-state index contributed by atoms with van der Waals surface area (Å²) in [6.07, 6.45) is 3.91. The molecule has 0 spiro atoms. The van der Waals surface area contributed by atoms with Gasteiger partial charge in [-0.05, 0) is 85.6 Å². The lowest BCUT2D eigenvalue weighted by Gasteiger charge is -2.13. The van der Waals surface area contributed by atoms with Crippen molar-refractivity contribution in [1.29, 1.82) is 0 Å². The molecule has 0 unspecified atom stereocenters. The summed E-state index contributed by atoms with van der Waals surface area (Å²) in [6, 6.07) is 57.4. The third-order valence-corrected chi connectivity index (χ3v) is 11.8. The molecule has 0 bridgehead atoms. The van der Waals surface area contributed by atoms with Crippen molar-refractivity contribution < 1.29 is 0 Å². The fraction of sp³-hybridized carbons (Fsp3) is 0. The maximum atomic E-state index is 5.34. The summed E-state index contributed by atoms with van der Waals surface area (Å²) in [5.41, 5.74) is 8.62. The highest BCUT2D eigenvalue weighted by molar-refractivity contribution is 6.26. The van der Waals surface area contributed by atoms with Crippen molar-refractivity contribution in [1.82, 2.24) is 33.9 Å². The van der Waals surface area contributed by atoms with Crippen LogP contribution in [0.5, 0.6) is 0 Å². The molecule has 9 aromatic carbocycles. The van der Waals surface area contributed by atoms with Crippen molar-refractivity contribution in [3.8, 4) is 28.5 Å². The number of hydrogen-bond acceptors (Lipinski definition) is 5. The van der Waals surface area contributed by atoms with Crippen LogP contribution >= 0.6 is 0 Å². The van der Waals surface area contributed by atoms with Crippen LogP contribution in [0.4, 0.5) is 0 Å². The fourth-order valence-electron chi connectivity index (χ4n) is 9.19. The molecule has 268 valence electrons. The average molecular weight is 740 g/mol. The van der Waals surface area contributed by atoms with Crippen LogP contribution in [0, 0.1) is 0 Å². The average Bonchev–Trinajstić information content (AvgIpc) is 3.83. The smallest absolute Gasteiger partial charge is 0.220 e. The van der Waals surface area contributed by atoms with Crippen molar-refractivity contribution in [2.75, 3.05) is 0 Å². The molecule has 0 atom stereocenters.